The van der Waals surface area contributed by atoms with E-state index in [0.29, 0.717) is 24.8 Å². The Labute approximate surface area is 93.7 Å². The molecule has 1 aromatic rings. The zero-order valence-corrected chi connectivity index (χ0v) is 9.84. The summed E-state index contributed by atoms with van der Waals surface area (Å²) in [5.41, 5.74) is 2.12. The molecule has 0 saturated carbocycles. The van der Waals surface area contributed by atoms with Gasteiger partial charge in [-0.25, -0.2) is 4.98 Å². The Morgan fingerprint density at radius 1 is 1.67 bits per heavy atom. The topological polar surface area (TPSA) is 51.2 Å². The molecule has 1 heterocycles. The summed E-state index contributed by atoms with van der Waals surface area (Å²) in [6, 6.07) is 0. The van der Waals surface area contributed by atoms with Gasteiger partial charge < -0.3 is 10.1 Å². The minimum absolute atomic E-state index is 0.135. The molecule has 1 N–H and O–H groups in total. The Hall–Kier alpha value is -0.940. The highest BCUT2D eigenvalue weighted by Crippen LogP contribution is 1.99. The molecule has 0 bridgehead atoms. The summed E-state index contributed by atoms with van der Waals surface area (Å²) in [5.74, 6) is 0.392. The van der Waals surface area contributed by atoms with Crippen LogP contribution in [0.3, 0.4) is 0 Å². The molecule has 1 aromatic heterocycles. The fraction of sp³-hybridized carbons (Fsp3) is 0.600. The maximum Gasteiger partial charge on any atom is 0.270 e. The van der Waals surface area contributed by atoms with E-state index in [0.717, 1.165) is 6.61 Å². The van der Waals surface area contributed by atoms with E-state index in [4.69, 9.17) is 4.74 Å². The minimum atomic E-state index is -0.135. The van der Waals surface area contributed by atoms with Gasteiger partial charge in [-0.05, 0) is 5.92 Å². The third-order valence-electron chi connectivity index (χ3n) is 1.65. The zero-order chi connectivity index (χ0) is 11.1. The highest BCUT2D eigenvalue weighted by molar-refractivity contribution is 7.07. The summed E-state index contributed by atoms with van der Waals surface area (Å²) in [6.07, 6.45) is 0. The van der Waals surface area contributed by atoms with Crippen LogP contribution in [0, 0.1) is 5.92 Å². The standard InChI is InChI=1S/C10H16N2O2S/c1-8(2)5-14-4-3-11-10(13)9-6-15-7-12-9/h6-8H,3-5H2,1-2H3,(H,11,13). The summed E-state index contributed by atoms with van der Waals surface area (Å²) in [4.78, 5) is 15.3. The number of ether oxygens (including phenoxy) is 1. The first-order valence-electron chi connectivity index (χ1n) is 4.94. The van der Waals surface area contributed by atoms with E-state index < -0.39 is 0 Å². The van der Waals surface area contributed by atoms with Gasteiger partial charge in [-0.1, -0.05) is 13.8 Å². The van der Waals surface area contributed by atoms with Crippen LogP contribution in [0.4, 0.5) is 0 Å². The van der Waals surface area contributed by atoms with Crippen molar-refractivity contribution in [1.82, 2.24) is 10.3 Å². The van der Waals surface area contributed by atoms with Crippen molar-refractivity contribution in [2.24, 2.45) is 5.92 Å². The first kappa shape index (κ1) is 12.1. The van der Waals surface area contributed by atoms with Gasteiger partial charge in [-0.15, -0.1) is 11.3 Å². The molecule has 0 fully saturated rings. The SMILES string of the molecule is CC(C)COCCNC(=O)c1cscn1. The van der Waals surface area contributed by atoms with Crippen LogP contribution in [0.1, 0.15) is 24.3 Å². The van der Waals surface area contributed by atoms with Crippen LogP contribution in [-0.4, -0.2) is 30.6 Å². The number of nitrogens with zero attached hydrogens (tertiary/aromatic N) is 1. The summed E-state index contributed by atoms with van der Waals surface area (Å²) in [5, 5.41) is 4.47. The molecule has 0 aromatic carbocycles. The van der Waals surface area contributed by atoms with Crippen molar-refractivity contribution < 1.29 is 9.53 Å². The Morgan fingerprint density at radius 3 is 3.07 bits per heavy atom. The molecule has 0 radical (unpaired) electrons. The average molecular weight is 228 g/mol. The highest BCUT2D eigenvalue weighted by atomic mass is 32.1. The zero-order valence-electron chi connectivity index (χ0n) is 9.03. The fourth-order valence-electron chi connectivity index (χ4n) is 0.971. The lowest BCUT2D eigenvalue weighted by Gasteiger charge is -2.07. The average Bonchev–Trinajstić information content (AvgIpc) is 2.69. The monoisotopic (exact) mass is 228 g/mol. The molecule has 4 nitrogen and oxygen atoms in total. The molecular weight excluding hydrogens is 212 g/mol. The normalized spacial score (nSPS) is 10.6. The third-order valence-corrected chi connectivity index (χ3v) is 2.23. The van der Waals surface area contributed by atoms with Gasteiger partial charge >= 0.3 is 0 Å². The Morgan fingerprint density at radius 2 is 2.47 bits per heavy atom. The number of thiazole rings is 1. The van der Waals surface area contributed by atoms with E-state index in [1.54, 1.807) is 10.9 Å². The van der Waals surface area contributed by atoms with E-state index in [2.05, 4.69) is 24.1 Å². The Kier molecular flexibility index (Phi) is 5.28. The van der Waals surface area contributed by atoms with Crippen molar-refractivity contribution in [2.45, 2.75) is 13.8 Å². The first-order chi connectivity index (χ1) is 7.20. The minimum Gasteiger partial charge on any atom is -0.379 e. The maximum atomic E-state index is 11.4. The van der Waals surface area contributed by atoms with Crippen LogP contribution in [0.15, 0.2) is 10.9 Å². The van der Waals surface area contributed by atoms with Crippen LogP contribution in [0.5, 0.6) is 0 Å². The molecule has 0 unspecified atom stereocenters. The van der Waals surface area contributed by atoms with Crippen molar-refractivity contribution in [1.29, 1.82) is 0 Å². The second-order valence-corrected chi connectivity index (χ2v) is 4.32. The number of nitrogens with one attached hydrogen (secondary N) is 1. The Bertz CT molecular complexity index is 286. The van der Waals surface area contributed by atoms with Crippen molar-refractivity contribution in [2.75, 3.05) is 19.8 Å². The number of hydrogen-bond donors (Lipinski definition) is 1. The van der Waals surface area contributed by atoms with Crippen molar-refractivity contribution >= 4 is 17.2 Å². The van der Waals surface area contributed by atoms with Crippen LogP contribution in [-0.2, 0) is 4.74 Å². The van der Waals surface area contributed by atoms with Crippen molar-refractivity contribution in [3.8, 4) is 0 Å². The van der Waals surface area contributed by atoms with Gasteiger partial charge in [-0.3, -0.25) is 4.79 Å². The lowest BCUT2D eigenvalue weighted by molar-refractivity contribution is 0.0882. The lowest BCUT2D eigenvalue weighted by Crippen LogP contribution is -2.27. The van der Waals surface area contributed by atoms with Gasteiger partial charge in [0.05, 0.1) is 12.1 Å². The van der Waals surface area contributed by atoms with Gasteiger partial charge in [0.2, 0.25) is 0 Å². The number of carbonyl (C=O) groups is 1. The second-order valence-electron chi connectivity index (χ2n) is 3.60. The van der Waals surface area contributed by atoms with E-state index in [1.165, 1.54) is 11.3 Å². The molecule has 0 aliphatic heterocycles. The second kappa shape index (κ2) is 6.53. The molecule has 0 aliphatic carbocycles. The van der Waals surface area contributed by atoms with E-state index in [1.807, 2.05) is 0 Å². The molecule has 5 heteroatoms. The summed E-state index contributed by atoms with van der Waals surface area (Å²) in [7, 11) is 0. The van der Waals surface area contributed by atoms with E-state index in [-0.39, 0.29) is 5.91 Å². The summed E-state index contributed by atoms with van der Waals surface area (Å²) in [6.45, 7) is 5.99. The first-order valence-corrected chi connectivity index (χ1v) is 5.88. The summed E-state index contributed by atoms with van der Waals surface area (Å²) >= 11 is 1.41. The van der Waals surface area contributed by atoms with Crippen LogP contribution in [0.25, 0.3) is 0 Å². The Balaban J connectivity index is 2.08. The molecule has 0 aliphatic rings. The number of rotatable bonds is 6. The van der Waals surface area contributed by atoms with Crippen molar-refractivity contribution in [3.63, 3.8) is 0 Å². The smallest absolute Gasteiger partial charge is 0.270 e. The van der Waals surface area contributed by atoms with E-state index >= 15 is 0 Å². The van der Waals surface area contributed by atoms with Gasteiger partial charge in [-0.2, -0.15) is 0 Å². The molecule has 15 heavy (non-hydrogen) atoms. The molecule has 0 spiro atoms. The van der Waals surface area contributed by atoms with Crippen molar-refractivity contribution in [3.05, 3.63) is 16.6 Å². The fourth-order valence-corrected chi connectivity index (χ4v) is 1.50. The molecule has 0 atom stereocenters. The highest BCUT2D eigenvalue weighted by Gasteiger charge is 2.05. The maximum absolute atomic E-state index is 11.4. The molecular formula is C10H16N2O2S. The largest absolute Gasteiger partial charge is 0.379 e. The molecule has 1 amide bonds. The number of amides is 1. The predicted octanol–water partition coefficient (Wildman–Crippen LogP) is 1.55. The van der Waals surface area contributed by atoms with Gasteiger partial charge in [0.15, 0.2) is 0 Å². The van der Waals surface area contributed by atoms with Crippen LogP contribution in [0.2, 0.25) is 0 Å². The number of aromatic nitrogens is 1. The lowest BCUT2D eigenvalue weighted by atomic mass is 10.2. The van der Waals surface area contributed by atoms with Gasteiger partial charge in [0.25, 0.3) is 5.91 Å². The van der Waals surface area contributed by atoms with Gasteiger partial charge in [0, 0.05) is 18.5 Å². The van der Waals surface area contributed by atoms with Crippen LogP contribution >= 0.6 is 11.3 Å². The van der Waals surface area contributed by atoms with E-state index in [9.17, 15) is 4.79 Å². The van der Waals surface area contributed by atoms with Crippen LogP contribution < -0.4 is 5.32 Å². The number of hydrogen-bond acceptors (Lipinski definition) is 4. The van der Waals surface area contributed by atoms with Gasteiger partial charge in [0.1, 0.15) is 5.69 Å². The number of carbonyl (C=O) groups excluding carboxylic acids is 1. The molecule has 84 valence electrons. The predicted molar refractivity (Wildman–Crippen MR) is 60.1 cm³/mol. The molecule has 0 saturated heterocycles. The summed E-state index contributed by atoms with van der Waals surface area (Å²) < 4.78 is 5.33. The quantitative estimate of drug-likeness (QED) is 0.751. The third kappa shape index (κ3) is 4.90. The molecule has 1 rings (SSSR count).